The number of nitrogens with zero attached hydrogens (tertiary/aromatic N) is 1. The van der Waals surface area contributed by atoms with Gasteiger partial charge in [-0.2, -0.15) is 4.39 Å². The van der Waals surface area contributed by atoms with Gasteiger partial charge in [0.15, 0.2) is 0 Å². The summed E-state index contributed by atoms with van der Waals surface area (Å²) in [5.41, 5.74) is 0.238. The lowest BCUT2D eigenvalue weighted by Gasteiger charge is -1.98. The predicted molar refractivity (Wildman–Crippen MR) is 38.9 cm³/mol. The standard InChI is InChI=1S/C7H5ClFNO/c8-5(4-11)6-2-1-3-7(9)10-6/h1-5H. The first-order valence-electron chi connectivity index (χ1n) is 2.96. The lowest BCUT2D eigenvalue weighted by atomic mass is 10.3. The smallest absolute Gasteiger partial charge is 0.213 e. The summed E-state index contributed by atoms with van der Waals surface area (Å²) >= 11 is 5.47. The highest BCUT2D eigenvalue weighted by molar-refractivity contribution is 6.27. The Morgan fingerprint density at radius 2 is 2.36 bits per heavy atom. The lowest BCUT2D eigenvalue weighted by Crippen LogP contribution is -1.96. The van der Waals surface area contributed by atoms with Crippen LogP contribution >= 0.6 is 11.6 Å². The minimum Gasteiger partial charge on any atom is -0.301 e. The molecule has 0 spiro atoms. The zero-order valence-electron chi connectivity index (χ0n) is 5.50. The maximum Gasteiger partial charge on any atom is 0.213 e. The molecule has 4 heteroatoms. The number of pyridine rings is 1. The second kappa shape index (κ2) is 3.44. The Morgan fingerprint density at radius 3 is 2.91 bits per heavy atom. The summed E-state index contributed by atoms with van der Waals surface area (Å²) in [6, 6.07) is 4.14. The molecule has 0 saturated heterocycles. The van der Waals surface area contributed by atoms with E-state index in [1.54, 1.807) is 0 Å². The number of carbonyl (C=O) groups is 1. The minimum absolute atomic E-state index is 0.238. The van der Waals surface area contributed by atoms with E-state index in [1.165, 1.54) is 18.2 Å². The van der Waals surface area contributed by atoms with Crippen molar-refractivity contribution in [3.63, 3.8) is 0 Å². The Hall–Kier alpha value is -0.960. The average Bonchev–Trinajstić information content (AvgIpc) is 2.03. The molecular weight excluding hydrogens is 169 g/mol. The van der Waals surface area contributed by atoms with Crippen LogP contribution in [-0.4, -0.2) is 11.3 Å². The van der Waals surface area contributed by atoms with E-state index in [4.69, 9.17) is 11.6 Å². The van der Waals surface area contributed by atoms with Crippen LogP contribution in [0.15, 0.2) is 18.2 Å². The van der Waals surface area contributed by atoms with E-state index in [-0.39, 0.29) is 5.69 Å². The van der Waals surface area contributed by atoms with Gasteiger partial charge >= 0.3 is 0 Å². The van der Waals surface area contributed by atoms with Gasteiger partial charge in [0.25, 0.3) is 0 Å². The highest BCUT2D eigenvalue weighted by atomic mass is 35.5. The van der Waals surface area contributed by atoms with Gasteiger partial charge in [0.05, 0.1) is 5.69 Å². The van der Waals surface area contributed by atoms with Crippen molar-refractivity contribution in [2.24, 2.45) is 0 Å². The van der Waals surface area contributed by atoms with Gasteiger partial charge in [-0.25, -0.2) is 4.98 Å². The van der Waals surface area contributed by atoms with Gasteiger partial charge in [-0.05, 0) is 12.1 Å². The van der Waals surface area contributed by atoms with E-state index in [0.29, 0.717) is 6.29 Å². The Labute approximate surface area is 68.0 Å². The summed E-state index contributed by atoms with van der Waals surface area (Å²) in [6.07, 6.45) is 0.503. The van der Waals surface area contributed by atoms with Crippen LogP contribution in [0.4, 0.5) is 4.39 Å². The molecule has 0 aliphatic carbocycles. The van der Waals surface area contributed by atoms with Crippen LogP contribution in [0.5, 0.6) is 0 Å². The number of alkyl halides is 1. The molecule has 0 radical (unpaired) electrons. The van der Waals surface area contributed by atoms with Crippen molar-refractivity contribution in [1.29, 1.82) is 0 Å². The van der Waals surface area contributed by atoms with E-state index < -0.39 is 11.3 Å². The van der Waals surface area contributed by atoms with Crippen molar-refractivity contribution in [3.8, 4) is 0 Å². The van der Waals surface area contributed by atoms with Crippen LogP contribution < -0.4 is 0 Å². The van der Waals surface area contributed by atoms with E-state index in [2.05, 4.69) is 4.98 Å². The van der Waals surface area contributed by atoms with E-state index in [0.717, 1.165) is 0 Å². The summed E-state index contributed by atoms with van der Waals surface area (Å²) in [7, 11) is 0. The minimum atomic E-state index is -0.856. The molecule has 1 aromatic heterocycles. The molecule has 0 aliphatic heterocycles. The van der Waals surface area contributed by atoms with Gasteiger partial charge in [0, 0.05) is 0 Å². The molecule has 1 heterocycles. The Morgan fingerprint density at radius 1 is 1.64 bits per heavy atom. The molecule has 1 unspecified atom stereocenters. The predicted octanol–water partition coefficient (Wildman–Crippen LogP) is 1.70. The number of rotatable bonds is 2. The monoisotopic (exact) mass is 173 g/mol. The quantitative estimate of drug-likeness (QED) is 0.387. The number of aromatic nitrogens is 1. The van der Waals surface area contributed by atoms with E-state index >= 15 is 0 Å². The molecule has 58 valence electrons. The van der Waals surface area contributed by atoms with Crippen molar-refractivity contribution in [2.75, 3.05) is 0 Å². The van der Waals surface area contributed by atoms with E-state index in [1.807, 2.05) is 0 Å². The first-order chi connectivity index (χ1) is 5.24. The highest BCUT2D eigenvalue weighted by Crippen LogP contribution is 2.14. The second-order valence-corrected chi connectivity index (χ2v) is 2.39. The molecule has 0 aliphatic rings. The number of aldehydes is 1. The van der Waals surface area contributed by atoms with Crippen LogP contribution in [0.1, 0.15) is 11.1 Å². The van der Waals surface area contributed by atoms with Crippen LogP contribution in [-0.2, 0) is 4.79 Å². The number of hydrogen-bond donors (Lipinski definition) is 0. The maximum absolute atomic E-state index is 12.4. The largest absolute Gasteiger partial charge is 0.301 e. The lowest BCUT2D eigenvalue weighted by molar-refractivity contribution is -0.107. The topological polar surface area (TPSA) is 30.0 Å². The van der Waals surface area contributed by atoms with Crippen LogP contribution in [0.25, 0.3) is 0 Å². The third-order valence-electron chi connectivity index (χ3n) is 1.14. The molecule has 11 heavy (non-hydrogen) atoms. The number of halogens is 2. The summed E-state index contributed by atoms with van der Waals surface area (Å²) in [5.74, 6) is -0.630. The SMILES string of the molecule is O=CC(Cl)c1cccc(F)n1. The summed E-state index contributed by atoms with van der Waals surface area (Å²) in [4.78, 5) is 13.5. The van der Waals surface area contributed by atoms with Crippen molar-refractivity contribution >= 4 is 17.9 Å². The summed E-state index contributed by atoms with van der Waals surface area (Å²) in [6.45, 7) is 0. The van der Waals surface area contributed by atoms with Gasteiger partial charge in [0.2, 0.25) is 5.95 Å². The van der Waals surface area contributed by atoms with Crippen LogP contribution in [0, 0.1) is 5.95 Å². The zero-order valence-corrected chi connectivity index (χ0v) is 6.25. The second-order valence-electron chi connectivity index (χ2n) is 1.92. The highest BCUT2D eigenvalue weighted by Gasteiger charge is 2.07. The van der Waals surface area contributed by atoms with Crippen molar-refractivity contribution in [2.45, 2.75) is 5.38 Å². The van der Waals surface area contributed by atoms with Gasteiger partial charge in [-0.3, -0.25) is 0 Å². The molecule has 0 bridgehead atoms. The third kappa shape index (κ3) is 1.98. The van der Waals surface area contributed by atoms with Gasteiger partial charge < -0.3 is 4.79 Å². The zero-order chi connectivity index (χ0) is 8.27. The van der Waals surface area contributed by atoms with Crippen LogP contribution in [0.3, 0.4) is 0 Å². The first-order valence-corrected chi connectivity index (χ1v) is 3.39. The Bertz CT molecular complexity index is 266. The van der Waals surface area contributed by atoms with Crippen molar-refractivity contribution < 1.29 is 9.18 Å². The molecule has 0 amide bonds. The van der Waals surface area contributed by atoms with Crippen molar-refractivity contribution in [3.05, 3.63) is 29.8 Å². The molecule has 0 N–H and O–H groups in total. The molecule has 1 rings (SSSR count). The maximum atomic E-state index is 12.4. The fourth-order valence-electron chi connectivity index (χ4n) is 0.647. The molecule has 2 nitrogen and oxygen atoms in total. The third-order valence-corrected chi connectivity index (χ3v) is 1.47. The molecule has 0 fully saturated rings. The fraction of sp³-hybridized carbons (Fsp3) is 0.143. The summed E-state index contributed by atoms with van der Waals surface area (Å²) in [5, 5.41) is -0.856. The normalized spacial score (nSPS) is 12.5. The van der Waals surface area contributed by atoms with Crippen molar-refractivity contribution in [1.82, 2.24) is 4.98 Å². The summed E-state index contributed by atoms with van der Waals surface area (Å²) < 4.78 is 12.4. The first kappa shape index (κ1) is 8.14. The average molecular weight is 174 g/mol. The molecule has 1 aromatic rings. The fourth-order valence-corrected chi connectivity index (χ4v) is 0.769. The van der Waals surface area contributed by atoms with Crippen LogP contribution in [0.2, 0.25) is 0 Å². The molecule has 1 atom stereocenters. The number of hydrogen-bond acceptors (Lipinski definition) is 2. The molecular formula is C7H5ClFNO. The van der Waals surface area contributed by atoms with E-state index in [9.17, 15) is 9.18 Å². The van der Waals surface area contributed by atoms with Gasteiger partial charge in [0.1, 0.15) is 11.7 Å². The molecule has 0 saturated carbocycles. The Kier molecular flexibility index (Phi) is 2.54. The Balaban J connectivity index is 2.95. The molecule has 0 aromatic carbocycles. The van der Waals surface area contributed by atoms with Gasteiger partial charge in [-0.15, -0.1) is 11.6 Å². The van der Waals surface area contributed by atoms with Gasteiger partial charge in [-0.1, -0.05) is 6.07 Å². The number of carbonyl (C=O) groups excluding carboxylic acids is 1.